The molecule has 0 saturated heterocycles. The Bertz CT molecular complexity index is 854. The zero-order chi connectivity index (χ0) is 17.6. The largest absolute Gasteiger partial charge is 0.322 e. The number of hydrogen-bond acceptors (Lipinski definition) is 2. The number of aryl methyl sites for hydroxylation is 2. The van der Waals surface area contributed by atoms with Crippen molar-refractivity contribution >= 4 is 23.4 Å². The molecule has 0 aliphatic rings. The molecule has 0 aliphatic heterocycles. The van der Waals surface area contributed by atoms with Gasteiger partial charge in [-0.25, -0.2) is 0 Å². The van der Waals surface area contributed by atoms with E-state index in [-0.39, 0.29) is 5.91 Å². The minimum absolute atomic E-state index is 0.0684. The van der Waals surface area contributed by atoms with Crippen LogP contribution in [0.2, 0.25) is 0 Å². The van der Waals surface area contributed by atoms with Crippen LogP contribution in [0, 0.1) is 13.8 Å². The molecule has 3 rings (SSSR count). The predicted molar refractivity (Wildman–Crippen MR) is 106 cm³/mol. The summed E-state index contributed by atoms with van der Waals surface area (Å²) in [6.45, 7) is 4.07. The van der Waals surface area contributed by atoms with E-state index in [0.29, 0.717) is 5.56 Å². The van der Waals surface area contributed by atoms with E-state index in [0.717, 1.165) is 27.5 Å². The highest BCUT2D eigenvalue weighted by Gasteiger charge is 2.12. The van der Waals surface area contributed by atoms with E-state index < -0.39 is 0 Å². The summed E-state index contributed by atoms with van der Waals surface area (Å²) in [5.41, 5.74) is 5.08. The van der Waals surface area contributed by atoms with Gasteiger partial charge in [0.05, 0.1) is 5.56 Å². The number of carbonyl (C=O) groups is 1. The molecule has 0 unspecified atom stereocenters. The Morgan fingerprint density at radius 2 is 1.52 bits per heavy atom. The summed E-state index contributed by atoms with van der Waals surface area (Å²) in [5, 5.41) is 3.03. The Hall–Kier alpha value is -2.52. The van der Waals surface area contributed by atoms with Gasteiger partial charge >= 0.3 is 0 Å². The predicted octanol–water partition coefficient (Wildman–Crippen LogP) is 5.85. The van der Waals surface area contributed by atoms with Crippen LogP contribution in [0.1, 0.15) is 27.0 Å². The lowest BCUT2D eigenvalue weighted by Gasteiger charge is -2.11. The molecular formula is C22H21NOS. The zero-order valence-electron chi connectivity index (χ0n) is 14.5. The zero-order valence-corrected chi connectivity index (χ0v) is 15.3. The number of nitrogens with one attached hydrogen (secondary N) is 1. The Morgan fingerprint density at radius 3 is 2.24 bits per heavy atom. The van der Waals surface area contributed by atoms with Crippen molar-refractivity contribution in [1.82, 2.24) is 0 Å². The molecule has 1 amide bonds. The van der Waals surface area contributed by atoms with Crippen LogP contribution < -0.4 is 5.32 Å². The number of thioether (sulfide) groups is 1. The van der Waals surface area contributed by atoms with E-state index in [9.17, 15) is 4.79 Å². The molecular weight excluding hydrogens is 326 g/mol. The molecule has 3 aromatic carbocycles. The maximum atomic E-state index is 12.7. The van der Waals surface area contributed by atoms with Crippen molar-refractivity contribution in [1.29, 1.82) is 0 Å². The van der Waals surface area contributed by atoms with Gasteiger partial charge in [0.25, 0.3) is 5.91 Å². The van der Waals surface area contributed by atoms with Gasteiger partial charge in [-0.15, -0.1) is 11.8 Å². The van der Waals surface area contributed by atoms with Gasteiger partial charge in [-0.3, -0.25) is 4.79 Å². The average molecular weight is 347 g/mol. The molecule has 0 saturated carbocycles. The number of rotatable bonds is 5. The van der Waals surface area contributed by atoms with Crippen molar-refractivity contribution in [3.8, 4) is 0 Å². The molecule has 0 aromatic heterocycles. The van der Waals surface area contributed by atoms with Crippen LogP contribution in [0.25, 0.3) is 0 Å². The highest BCUT2D eigenvalue weighted by molar-refractivity contribution is 7.98. The minimum atomic E-state index is -0.0684. The third-order valence-corrected chi connectivity index (χ3v) is 4.99. The van der Waals surface area contributed by atoms with Gasteiger partial charge in [0.15, 0.2) is 0 Å². The summed E-state index contributed by atoms with van der Waals surface area (Å²) in [5.74, 6) is 0.774. The van der Waals surface area contributed by atoms with E-state index in [1.807, 2.05) is 68.4 Å². The van der Waals surface area contributed by atoms with E-state index in [2.05, 4.69) is 23.5 Å². The first-order chi connectivity index (χ1) is 12.1. The van der Waals surface area contributed by atoms with Crippen molar-refractivity contribution in [3.63, 3.8) is 0 Å². The Morgan fingerprint density at radius 1 is 0.880 bits per heavy atom. The fourth-order valence-electron chi connectivity index (χ4n) is 2.76. The van der Waals surface area contributed by atoms with Gasteiger partial charge in [-0.05, 0) is 54.8 Å². The fraction of sp³-hybridized carbons (Fsp3) is 0.136. The van der Waals surface area contributed by atoms with Gasteiger partial charge < -0.3 is 5.32 Å². The number of hydrogen-bond donors (Lipinski definition) is 1. The normalized spacial score (nSPS) is 10.5. The molecule has 0 atom stereocenters. The van der Waals surface area contributed by atoms with Crippen LogP contribution in [0.5, 0.6) is 0 Å². The molecule has 0 bridgehead atoms. The monoisotopic (exact) mass is 347 g/mol. The number of benzene rings is 3. The Kier molecular flexibility index (Phi) is 5.56. The Balaban J connectivity index is 1.76. The number of carbonyl (C=O) groups excluding carboxylic acids is 1. The van der Waals surface area contributed by atoms with Crippen LogP contribution in [0.15, 0.2) is 77.7 Å². The molecule has 25 heavy (non-hydrogen) atoms. The average Bonchev–Trinajstić information content (AvgIpc) is 2.60. The van der Waals surface area contributed by atoms with Crippen molar-refractivity contribution in [2.75, 3.05) is 5.32 Å². The molecule has 0 fully saturated rings. The summed E-state index contributed by atoms with van der Waals surface area (Å²) in [4.78, 5) is 13.7. The first-order valence-electron chi connectivity index (χ1n) is 8.27. The van der Waals surface area contributed by atoms with E-state index in [1.165, 1.54) is 5.56 Å². The molecule has 0 spiro atoms. The second kappa shape index (κ2) is 8.04. The highest BCUT2D eigenvalue weighted by Crippen LogP contribution is 2.27. The third-order valence-electron chi connectivity index (χ3n) is 3.85. The quantitative estimate of drug-likeness (QED) is 0.587. The highest BCUT2D eigenvalue weighted by atomic mass is 32.2. The molecule has 0 radical (unpaired) electrons. The van der Waals surface area contributed by atoms with Crippen molar-refractivity contribution < 1.29 is 4.79 Å². The topological polar surface area (TPSA) is 29.1 Å². The molecule has 0 aliphatic carbocycles. The van der Waals surface area contributed by atoms with Crippen molar-refractivity contribution in [2.24, 2.45) is 0 Å². The maximum absolute atomic E-state index is 12.7. The van der Waals surface area contributed by atoms with E-state index >= 15 is 0 Å². The standard InChI is InChI=1S/C22H21NOS/c1-16-12-17(2)14-19(13-16)23-22(24)20-10-6-7-11-21(20)25-15-18-8-4-3-5-9-18/h3-14H,15H2,1-2H3,(H,23,24). The SMILES string of the molecule is Cc1cc(C)cc(NC(=O)c2ccccc2SCc2ccccc2)c1. The summed E-state index contributed by atoms with van der Waals surface area (Å²) in [7, 11) is 0. The van der Waals surface area contributed by atoms with Gasteiger partial charge in [-0.1, -0.05) is 48.5 Å². The van der Waals surface area contributed by atoms with Crippen LogP contribution in [-0.4, -0.2) is 5.91 Å². The van der Waals surface area contributed by atoms with Crippen molar-refractivity contribution in [2.45, 2.75) is 24.5 Å². The maximum Gasteiger partial charge on any atom is 0.256 e. The summed E-state index contributed by atoms with van der Waals surface area (Å²) in [6, 6.07) is 24.1. The number of anilines is 1. The lowest BCUT2D eigenvalue weighted by atomic mass is 10.1. The smallest absolute Gasteiger partial charge is 0.256 e. The van der Waals surface area contributed by atoms with Crippen LogP contribution in [0.3, 0.4) is 0 Å². The molecule has 1 N–H and O–H groups in total. The first kappa shape index (κ1) is 17.3. The fourth-order valence-corrected chi connectivity index (χ4v) is 3.77. The molecule has 126 valence electrons. The van der Waals surface area contributed by atoms with Gasteiger partial charge in [0.2, 0.25) is 0 Å². The lowest BCUT2D eigenvalue weighted by Crippen LogP contribution is -2.13. The summed E-state index contributed by atoms with van der Waals surface area (Å²) >= 11 is 1.68. The Labute approximate surface area is 153 Å². The van der Waals surface area contributed by atoms with Crippen LogP contribution in [0.4, 0.5) is 5.69 Å². The molecule has 3 aromatic rings. The second-order valence-electron chi connectivity index (χ2n) is 6.10. The van der Waals surface area contributed by atoms with Crippen LogP contribution >= 0.6 is 11.8 Å². The lowest BCUT2D eigenvalue weighted by molar-refractivity contribution is 0.102. The molecule has 2 nitrogen and oxygen atoms in total. The molecule has 0 heterocycles. The van der Waals surface area contributed by atoms with E-state index in [1.54, 1.807) is 11.8 Å². The van der Waals surface area contributed by atoms with E-state index in [4.69, 9.17) is 0 Å². The minimum Gasteiger partial charge on any atom is -0.322 e. The third kappa shape index (κ3) is 4.74. The van der Waals surface area contributed by atoms with Gasteiger partial charge in [-0.2, -0.15) is 0 Å². The van der Waals surface area contributed by atoms with Gasteiger partial charge in [0.1, 0.15) is 0 Å². The summed E-state index contributed by atoms with van der Waals surface area (Å²) < 4.78 is 0. The van der Waals surface area contributed by atoms with Crippen LogP contribution in [-0.2, 0) is 5.75 Å². The summed E-state index contributed by atoms with van der Waals surface area (Å²) in [6.07, 6.45) is 0. The molecule has 3 heteroatoms. The first-order valence-corrected chi connectivity index (χ1v) is 9.26. The second-order valence-corrected chi connectivity index (χ2v) is 7.12. The van der Waals surface area contributed by atoms with Gasteiger partial charge in [0, 0.05) is 16.3 Å². The number of amides is 1. The van der Waals surface area contributed by atoms with Crippen molar-refractivity contribution in [3.05, 3.63) is 95.1 Å².